The normalized spacial score (nSPS) is 21.3. The van der Waals surface area contributed by atoms with Crippen molar-refractivity contribution in [2.45, 2.75) is 75.8 Å². The number of alkyl halides is 2. The van der Waals surface area contributed by atoms with Gasteiger partial charge in [-0.1, -0.05) is 30.3 Å². The fourth-order valence-corrected chi connectivity index (χ4v) is 5.22. The fraction of sp³-hybridized carbons (Fsp3) is 0.654. The molecule has 2 aliphatic rings. The minimum Gasteiger partial charge on any atom is -0.447 e. The molecule has 12 heteroatoms. The molecule has 38 heavy (non-hydrogen) atoms. The van der Waals surface area contributed by atoms with Gasteiger partial charge >= 0.3 is 13.2 Å². The number of nitrogens with one attached hydrogen (secondary N) is 1. The quantitative estimate of drug-likeness (QED) is 0.394. The van der Waals surface area contributed by atoms with Gasteiger partial charge in [0.1, 0.15) is 12.5 Å². The second kappa shape index (κ2) is 12.9. The third-order valence-corrected chi connectivity index (χ3v) is 7.54. The van der Waals surface area contributed by atoms with E-state index in [0.29, 0.717) is 19.4 Å². The number of carbonyl (C=O) groups is 2. The lowest BCUT2D eigenvalue weighted by Gasteiger charge is -2.43. The minimum absolute atomic E-state index is 0.0973. The van der Waals surface area contributed by atoms with Crippen molar-refractivity contribution in [2.75, 3.05) is 26.2 Å². The highest BCUT2D eigenvalue weighted by atomic mass is 19.3. The summed E-state index contributed by atoms with van der Waals surface area (Å²) in [7, 11) is -1.79. The summed E-state index contributed by atoms with van der Waals surface area (Å²) in [6.45, 7) is 4.47. The maximum atomic E-state index is 13.6. The van der Waals surface area contributed by atoms with Crippen LogP contribution in [-0.4, -0.2) is 88.7 Å². The number of carbonyl (C=O) groups excluding carboxylic acids is 2. The summed E-state index contributed by atoms with van der Waals surface area (Å²) in [5, 5.41) is 31.6. The van der Waals surface area contributed by atoms with Crippen molar-refractivity contribution in [1.82, 2.24) is 15.1 Å². The Bertz CT molecular complexity index is 982. The second-order valence-electron chi connectivity index (χ2n) is 10.8. The molecule has 2 aliphatic heterocycles. The molecule has 2 saturated heterocycles. The van der Waals surface area contributed by atoms with Crippen LogP contribution in [0.1, 0.15) is 51.5 Å². The number of halogens is 2. The van der Waals surface area contributed by atoms with E-state index in [1.165, 1.54) is 0 Å². The van der Waals surface area contributed by atoms with Crippen molar-refractivity contribution in [3.8, 4) is 6.07 Å². The van der Waals surface area contributed by atoms with E-state index in [4.69, 9.17) is 4.74 Å². The average Bonchev–Trinajstić information content (AvgIpc) is 3.34. The molecule has 0 saturated carbocycles. The molecule has 1 unspecified atom stereocenters. The van der Waals surface area contributed by atoms with Gasteiger partial charge in [0, 0.05) is 38.0 Å². The number of alkyl carbamates (subject to hydrolysis) is 1. The Labute approximate surface area is 222 Å². The zero-order valence-electron chi connectivity index (χ0n) is 22.0. The summed E-state index contributed by atoms with van der Waals surface area (Å²) in [6, 6.07) is 10.7. The molecule has 2 fully saturated rings. The van der Waals surface area contributed by atoms with Crippen molar-refractivity contribution in [2.24, 2.45) is 5.92 Å². The van der Waals surface area contributed by atoms with E-state index >= 15 is 0 Å². The average molecular weight is 534 g/mol. The predicted molar refractivity (Wildman–Crippen MR) is 137 cm³/mol. The van der Waals surface area contributed by atoms with Gasteiger partial charge in [0.15, 0.2) is 0 Å². The fourth-order valence-electron chi connectivity index (χ4n) is 5.22. The Kier molecular flexibility index (Phi) is 10.1. The van der Waals surface area contributed by atoms with Crippen molar-refractivity contribution in [1.29, 1.82) is 5.26 Å². The maximum absolute atomic E-state index is 13.6. The first kappa shape index (κ1) is 29.8. The Morgan fingerprint density at radius 2 is 1.89 bits per heavy atom. The van der Waals surface area contributed by atoms with Gasteiger partial charge < -0.3 is 25.0 Å². The standard InChI is InChI=1S/C26H37BF2N4O5/c1-25(2,32-13-10-26(28,29)11-14-32)16-20(17-30)23(34)33-12-6-9-21(33)18-38-24(35)31-22(27(36)37)15-19-7-4-3-5-8-19/h3-5,7-8,20-22,36-37H,6,9-16,18H2,1-2H3,(H,31,35)/t20?,21-,22+/m1/s1. The molecule has 2 amide bonds. The van der Waals surface area contributed by atoms with Gasteiger partial charge in [0.05, 0.1) is 18.1 Å². The van der Waals surface area contributed by atoms with Crippen LogP contribution in [0.25, 0.3) is 0 Å². The molecule has 9 nitrogen and oxygen atoms in total. The third-order valence-electron chi connectivity index (χ3n) is 7.54. The van der Waals surface area contributed by atoms with Gasteiger partial charge in [-0.25, -0.2) is 13.6 Å². The van der Waals surface area contributed by atoms with Gasteiger partial charge in [-0.05, 0) is 45.1 Å². The number of nitriles is 1. The highest BCUT2D eigenvalue weighted by Gasteiger charge is 2.42. The number of amides is 2. The van der Waals surface area contributed by atoms with E-state index in [2.05, 4.69) is 11.4 Å². The van der Waals surface area contributed by atoms with E-state index in [-0.39, 0.29) is 51.3 Å². The zero-order valence-corrected chi connectivity index (χ0v) is 22.0. The second-order valence-corrected chi connectivity index (χ2v) is 10.8. The number of hydrogen-bond acceptors (Lipinski definition) is 7. The van der Waals surface area contributed by atoms with Crippen LogP contribution >= 0.6 is 0 Å². The van der Waals surface area contributed by atoms with Crippen molar-refractivity contribution < 1.29 is 33.2 Å². The molecule has 0 radical (unpaired) electrons. The number of hydrogen-bond donors (Lipinski definition) is 3. The van der Waals surface area contributed by atoms with Crippen LogP contribution < -0.4 is 5.32 Å². The lowest BCUT2D eigenvalue weighted by Crippen LogP contribution is -2.52. The van der Waals surface area contributed by atoms with Crippen LogP contribution in [0.15, 0.2) is 30.3 Å². The van der Waals surface area contributed by atoms with Crippen LogP contribution in [0.3, 0.4) is 0 Å². The first-order chi connectivity index (χ1) is 17.9. The molecule has 2 heterocycles. The van der Waals surface area contributed by atoms with Crippen LogP contribution in [0.4, 0.5) is 13.6 Å². The highest BCUT2D eigenvalue weighted by Crippen LogP contribution is 2.34. The summed E-state index contributed by atoms with van der Waals surface area (Å²) in [6.07, 6.45) is 0.361. The number of benzene rings is 1. The molecule has 1 aromatic rings. The van der Waals surface area contributed by atoms with E-state index in [1.54, 1.807) is 29.2 Å². The van der Waals surface area contributed by atoms with Crippen LogP contribution in [-0.2, 0) is 16.0 Å². The lowest BCUT2D eigenvalue weighted by molar-refractivity contribution is -0.137. The van der Waals surface area contributed by atoms with Crippen LogP contribution in [0.5, 0.6) is 0 Å². The summed E-state index contributed by atoms with van der Waals surface area (Å²) >= 11 is 0. The van der Waals surface area contributed by atoms with Crippen LogP contribution in [0.2, 0.25) is 0 Å². The Morgan fingerprint density at radius 3 is 2.50 bits per heavy atom. The molecule has 0 bridgehead atoms. The van der Waals surface area contributed by atoms with Crippen molar-refractivity contribution in [3.05, 3.63) is 35.9 Å². The molecule has 1 aromatic carbocycles. The number of nitrogens with zero attached hydrogens (tertiary/aromatic N) is 3. The van der Waals surface area contributed by atoms with Gasteiger partial charge in [-0.3, -0.25) is 9.69 Å². The van der Waals surface area contributed by atoms with Gasteiger partial charge in [0.25, 0.3) is 5.92 Å². The predicted octanol–water partition coefficient (Wildman–Crippen LogP) is 2.37. The Balaban J connectivity index is 1.54. The molecule has 0 aliphatic carbocycles. The highest BCUT2D eigenvalue weighted by molar-refractivity contribution is 6.43. The zero-order chi connectivity index (χ0) is 27.9. The molecule has 0 spiro atoms. The first-order valence-corrected chi connectivity index (χ1v) is 13.1. The minimum atomic E-state index is -2.68. The number of piperidine rings is 1. The third kappa shape index (κ3) is 8.12. The molecule has 208 valence electrons. The van der Waals surface area contributed by atoms with Crippen molar-refractivity contribution in [3.63, 3.8) is 0 Å². The van der Waals surface area contributed by atoms with Crippen molar-refractivity contribution >= 4 is 19.1 Å². The molecule has 3 atom stereocenters. The molecule has 3 rings (SSSR count). The SMILES string of the molecule is CC(C)(CC(C#N)C(=O)N1CCC[C@@H]1COC(=O)N[C@@H](Cc1ccccc1)B(O)O)N1CCC(F)(F)CC1. The van der Waals surface area contributed by atoms with E-state index in [1.807, 2.05) is 24.8 Å². The van der Waals surface area contributed by atoms with Gasteiger partial charge in [0.2, 0.25) is 5.91 Å². The van der Waals surface area contributed by atoms with E-state index in [0.717, 1.165) is 5.56 Å². The number of ether oxygens (including phenoxy) is 1. The molecule has 0 aromatic heterocycles. The number of likely N-dealkylation sites (tertiary alicyclic amines) is 2. The smallest absolute Gasteiger partial charge is 0.447 e. The van der Waals surface area contributed by atoms with Gasteiger partial charge in [-0.2, -0.15) is 5.26 Å². The van der Waals surface area contributed by atoms with Gasteiger partial charge in [-0.15, -0.1) is 0 Å². The molecular weight excluding hydrogens is 497 g/mol. The summed E-state index contributed by atoms with van der Waals surface area (Å²) in [4.78, 5) is 29.2. The van der Waals surface area contributed by atoms with E-state index < -0.39 is 42.6 Å². The van der Waals surface area contributed by atoms with Crippen LogP contribution in [0, 0.1) is 17.2 Å². The molecule has 3 N–H and O–H groups in total. The molecular formula is C26H37BF2N4O5. The van der Waals surface area contributed by atoms with E-state index in [9.17, 15) is 33.7 Å². The Morgan fingerprint density at radius 1 is 1.24 bits per heavy atom. The number of rotatable bonds is 10. The Hall–Kier alpha value is -2.75. The first-order valence-electron chi connectivity index (χ1n) is 13.1. The lowest BCUT2D eigenvalue weighted by atomic mass is 9.76. The summed E-state index contributed by atoms with van der Waals surface area (Å²) < 4.78 is 32.5. The topological polar surface area (TPSA) is 126 Å². The summed E-state index contributed by atoms with van der Waals surface area (Å²) in [5.74, 6) is -4.97. The maximum Gasteiger partial charge on any atom is 0.475 e. The largest absolute Gasteiger partial charge is 0.475 e. The summed E-state index contributed by atoms with van der Waals surface area (Å²) in [5.41, 5.74) is 0.194. The monoisotopic (exact) mass is 534 g/mol.